The molecule has 0 heterocycles. The first-order valence-corrected chi connectivity index (χ1v) is 11.0. The van der Waals surface area contributed by atoms with E-state index in [9.17, 15) is 4.79 Å². The molecule has 0 unspecified atom stereocenters. The van der Waals surface area contributed by atoms with Gasteiger partial charge in [-0.3, -0.25) is 4.79 Å². The molecule has 0 saturated carbocycles. The van der Waals surface area contributed by atoms with Crippen LogP contribution in [-0.4, -0.2) is 12.5 Å². The van der Waals surface area contributed by atoms with E-state index in [2.05, 4.69) is 34.9 Å². The van der Waals surface area contributed by atoms with Gasteiger partial charge in [0.2, 0.25) is 5.91 Å². The van der Waals surface area contributed by atoms with E-state index in [0.29, 0.717) is 11.6 Å². The Kier molecular flexibility index (Phi) is 6.55. The van der Waals surface area contributed by atoms with Gasteiger partial charge in [0.25, 0.3) is 0 Å². The number of nitrogens with one attached hydrogen (secondary N) is 2. The summed E-state index contributed by atoms with van der Waals surface area (Å²) in [6.45, 7) is 0.291. The van der Waals surface area contributed by atoms with Gasteiger partial charge in [0.05, 0.1) is 12.2 Å². The summed E-state index contributed by atoms with van der Waals surface area (Å²) in [6.07, 6.45) is 3.33. The second-order valence-electron chi connectivity index (χ2n) is 7.12. The van der Waals surface area contributed by atoms with E-state index in [1.54, 1.807) is 11.8 Å². The molecule has 1 aliphatic carbocycles. The van der Waals surface area contributed by atoms with Gasteiger partial charge in [-0.05, 0) is 66.8 Å². The molecular weight excluding hydrogens is 400 g/mol. The third-order valence-corrected chi connectivity index (χ3v) is 6.42. The van der Waals surface area contributed by atoms with Crippen molar-refractivity contribution in [3.63, 3.8) is 0 Å². The fraction of sp³-hybridized carbons (Fsp3) is 0.208. The fourth-order valence-electron chi connectivity index (χ4n) is 3.66. The highest BCUT2D eigenvalue weighted by molar-refractivity contribution is 7.99. The number of hydrogen-bond acceptors (Lipinski definition) is 3. The molecule has 2 N–H and O–H groups in total. The molecule has 4 rings (SSSR count). The lowest BCUT2D eigenvalue weighted by Gasteiger charge is -2.26. The van der Waals surface area contributed by atoms with Crippen molar-refractivity contribution < 1.29 is 4.79 Å². The molecule has 3 aromatic carbocycles. The van der Waals surface area contributed by atoms with Crippen molar-refractivity contribution >= 4 is 35.0 Å². The number of carbonyl (C=O) groups is 1. The highest BCUT2D eigenvalue weighted by atomic mass is 35.5. The number of hydrogen-bond donors (Lipinski definition) is 2. The lowest BCUT2D eigenvalue weighted by molar-refractivity contribution is -0.115. The smallest absolute Gasteiger partial charge is 0.238 e. The molecule has 0 saturated heterocycles. The highest BCUT2D eigenvalue weighted by Crippen LogP contribution is 2.34. The third-order valence-electron chi connectivity index (χ3n) is 5.08. The zero-order valence-corrected chi connectivity index (χ0v) is 17.6. The van der Waals surface area contributed by atoms with E-state index in [-0.39, 0.29) is 11.9 Å². The van der Waals surface area contributed by atoms with Crippen molar-refractivity contribution in [2.24, 2.45) is 0 Å². The molecule has 0 spiro atoms. The van der Waals surface area contributed by atoms with Crippen LogP contribution in [-0.2, 0) is 11.2 Å². The molecule has 0 bridgehead atoms. The SMILES string of the molecule is O=C(CN[C@H]1CCCc2ccccc21)Nc1ccccc1Sc1ccc(Cl)cc1. The minimum atomic E-state index is -0.0304. The minimum Gasteiger partial charge on any atom is -0.324 e. The quantitative estimate of drug-likeness (QED) is 0.504. The summed E-state index contributed by atoms with van der Waals surface area (Å²) in [5, 5.41) is 7.21. The van der Waals surface area contributed by atoms with Gasteiger partial charge < -0.3 is 10.6 Å². The predicted octanol–water partition coefficient (Wildman–Crippen LogP) is 6.10. The summed E-state index contributed by atoms with van der Waals surface area (Å²) in [5.41, 5.74) is 3.54. The Balaban J connectivity index is 1.39. The molecule has 1 atom stereocenters. The summed E-state index contributed by atoms with van der Waals surface area (Å²) >= 11 is 7.58. The summed E-state index contributed by atoms with van der Waals surface area (Å²) in [4.78, 5) is 14.7. The van der Waals surface area contributed by atoms with Crippen LogP contribution in [0.2, 0.25) is 5.02 Å². The van der Waals surface area contributed by atoms with Crippen LogP contribution >= 0.6 is 23.4 Å². The standard InChI is InChI=1S/C24H23ClN2OS/c25-18-12-14-19(15-13-18)29-23-11-4-3-9-22(23)27-24(28)16-26-21-10-5-7-17-6-1-2-8-20(17)21/h1-4,6,8-9,11-15,21,26H,5,7,10,16H2,(H,27,28)/t21-/m0/s1. The summed E-state index contributed by atoms with van der Waals surface area (Å²) < 4.78 is 0. The number of aryl methyl sites for hydroxylation is 1. The normalized spacial score (nSPS) is 15.6. The summed E-state index contributed by atoms with van der Waals surface area (Å²) in [5.74, 6) is -0.0304. The van der Waals surface area contributed by atoms with E-state index >= 15 is 0 Å². The molecule has 0 radical (unpaired) electrons. The molecule has 3 aromatic rings. The summed E-state index contributed by atoms with van der Waals surface area (Å²) in [6, 6.07) is 24.3. The molecule has 0 fully saturated rings. The van der Waals surface area contributed by atoms with Crippen molar-refractivity contribution in [3.8, 4) is 0 Å². The first kappa shape index (κ1) is 20.0. The van der Waals surface area contributed by atoms with Crippen molar-refractivity contribution in [2.75, 3.05) is 11.9 Å². The van der Waals surface area contributed by atoms with Gasteiger partial charge in [-0.1, -0.05) is 59.8 Å². The van der Waals surface area contributed by atoms with Crippen LogP contribution in [0.1, 0.15) is 30.0 Å². The fourth-order valence-corrected chi connectivity index (χ4v) is 4.69. The van der Waals surface area contributed by atoms with E-state index in [1.165, 1.54) is 11.1 Å². The number of halogens is 1. The number of anilines is 1. The van der Waals surface area contributed by atoms with Crippen LogP contribution in [0.25, 0.3) is 0 Å². The van der Waals surface area contributed by atoms with Gasteiger partial charge >= 0.3 is 0 Å². The van der Waals surface area contributed by atoms with Crippen molar-refractivity contribution in [1.29, 1.82) is 0 Å². The lowest BCUT2D eigenvalue weighted by Crippen LogP contribution is -2.33. The third kappa shape index (κ3) is 5.21. The monoisotopic (exact) mass is 422 g/mol. The average Bonchev–Trinajstić information content (AvgIpc) is 2.75. The number of carbonyl (C=O) groups excluding carboxylic acids is 1. The largest absolute Gasteiger partial charge is 0.324 e. The minimum absolute atomic E-state index is 0.0304. The first-order chi connectivity index (χ1) is 14.2. The van der Waals surface area contributed by atoms with Crippen LogP contribution in [0, 0.1) is 0 Å². The van der Waals surface area contributed by atoms with E-state index < -0.39 is 0 Å². The molecule has 0 aliphatic heterocycles. The Morgan fingerprint density at radius 3 is 2.62 bits per heavy atom. The van der Waals surface area contributed by atoms with Gasteiger partial charge in [-0.25, -0.2) is 0 Å². The van der Waals surface area contributed by atoms with Crippen LogP contribution in [0.4, 0.5) is 5.69 Å². The Labute approximate surface area is 180 Å². The van der Waals surface area contributed by atoms with E-state index in [1.807, 2.05) is 48.5 Å². The Bertz CT molecular complexity index is 990. The predicted molar refractivity (Wildman–Crippen MR) is 121 cm³/mol. The van der Waals surface area contributed by atoms with Gasteiger partial charge in [0.15, 0.2) is 0 Å². The van der Waals surface area contributed by atoms with Crippen LogP contribution in [0.15, 0.2) is 82.6 Å². The van der Waals surface area contributed by atoms with Crippen molar-refractivity contribution in [3.05, 3.63) is 88.9 Å². The number of rotatable bonds is 6. The molecule has 5 heteroatoms. The molecule has 29 heavy (non-hydrogen) atoms. The molecule has 0 aromatic heterocycles. The topological polar surface area (TPSA) is 41.1 Å². The zero-order valence-electron chi connectivity index (χ0n) is 16.0. The molecule has 1 aliphatic rings. The molecule has 1 amide bonds. The number of fused-ring (bicyclic) bond motifs is 1. The van der Waals surface area contributed by atoms with E-state index in [0.717, 1.165) is 34.7 Å². The molecule has 3 nitrogen and oxygen atoms in total. The maximum atomic E-state index is 12.6. The number of benzene rings is 3. The Hall–Kier alpha value is -2.27. The van der Waals surface area contributed by atoms with Crippen molar-refractivity contribution in [2.45, 2.75) is 35.1 Å². The van der Waals surface area contributed by atoms with Gasteiger partial charge in [0, 0.05) is 20.9 Å². The number of para-hydroxylation sites is 1. The van der Waals surface area contributed by atoms with Gasteiger partial charge in [-0.2, -0.15) is 0 Å². The summed E-state index contributed by atoms with van der Waals surface area (Å²) in [7, 11) is 0. The van der Waals surface area contributed by atoms with Crippen LogP contribution in [0.3, 0.4) is 0 Å². The van der Waals surface area contributed by atoms with Gasteiger partial charge in [0.1, 0.15) is 0 Å². The zero-order chi connectivity index (χ0) is 20.1. The second-order valence-corrected chi connectivity index (χ2v) is 8.68. The second kappa shape index (κ2) is 9.49. The Morgan fingerprint density at radius 1 is 1.00 bits per heavy atom. The maximum Gasteiger partial charge on any atom is 0.238 e. The van der Waals surface area contributed by atoms with Gasteiger partial charge in [-0.15, -0.1) is 0 Å². The molecular formula is C24H23ClN2OS. The Morgan fingerprint density at radius 2 is 1.76 bits per heavy atom. The van der Waals surface area contributed by atoms with E-state index in [4.69, 9.17) is 11.6 Å². The van der Waals surface area contributed by atoms with Crippen LogP contribution in [0.5, 0.6) is 0 Å². The average molecular weight is 423 g/mol. The molecule has 148 valence electrons. The highest BCUT2D eigenvalue weighted by Gasteiger charge is 2.20. The first-order valence-electron chi connectivity index (χ1n) is 9.82. The lowest BCUT2D eigenvalue weighted by atomic mass is 9.88. The van der Waals surface area contributed by atoms with Crippen molar-refractivity contribution in [1.82, 2.24) is 5.32 Å². The maximum absolute atomic E-state index is 12.6. The number of amides is 1. The van der Waals surface area contributed by atoms with Crippen LogP contribution < -0.4 is 10.6 Å².